The summed E-state index contributed by atoms with van der Waals surface area (Å²) in [5, 5.41) is 31.9. The van der Waals surface area contributed by atoms with Gasteiger partial charge in [-0.25, -0.2) is 0 Å². The summed E-state index contributed by atoms with van der Waals surface area (Å²) in [6, 6.07) is 0. The summed E-state index contributed by atoms with van der Waals surface area (Å²) < 4.78 is 0. The molecule has 4 aliphatic rings. The van der Waals surface area contributed by atoms with Crippen LogP contribution in [-0.2, 0) is 0 Å². The van der Waals surface area contributed by atoms with Gasteiger partial charge in [0.2, 0.25) is 0 Å². The number of aliphatic hydroxyl groups excluding tert-OH is 3. The molecule has 0 radical (unpaired) electrons. The Bertz CT molecular complexity index is 799. The zero-order chi connectivity index (χ0) is 26.1. The molecule has 0 aromatic rings. The lowest BCUT2D eigenvalue weighted by Gasteiger charge is -2.58. The average molecular weight is 501 g/mol. The van der Waals surface area contributed by atoms with Gasteiger partial charge in [-0.05, 0) is 80.0 Å². The van der Waals surface area contributed by atoms with Crippen LogP contribution in [0.4, 0.5) is 0 Å². The molecule has 0 unspecified atom stereocenters. The number of aliphatic hydroxyl groups is 3. The molecular formula is C33H56O3. The Morgan fingerprint density at radius 1 is 0.889 bits per heavy atom. The Morgan fingerprint density at radius 2 is 1.64 bits per heavy atom. The number of allylic oxidation sites excluding steroid dienone is 3. The molecule has 0 aromatic carbocycles. The topological polar surface area (TPSA) is 60.7 Å². The first kappa shape index (κ1) is 28.4. The third-order valence-corrected chi connectivity index (χ3v) is 11.6. The van der Waals surface area contributed by atoms with Gasteiger partial charge in [0.25, 0.3) is 0 Å². The van der Waals surface area contributed by atoms with Gasteiger partial charge in [0, 0.05) is 17.9 Å². The summed E-state index contributed by atoms with van der Waals surface area (Å²) >= 11 is 0. The Balaban J connectivity index is 1.49. The first-order valence-corrected chi connectivity index (χ1v) is 15.5. The van der Waals surface area contributed by atoms with Crippen molar-refractivity contribution in [2.45, 2.75) is 130 Å². The number of fused-ring (bicyclic) bond motifs is 5. The molecule has 0 aromatic heterocycles. The monoisotopic (exact) mass is 500 g/mol. The normalized spacial score (nSPS) is 40.8. The predicted octanol–water partition coefficient (Wildman–Crippen LogP) is 7.45. The van der Waals surface area contributed by atoms with Gasteiger partial charge >= 0.3 is 0 Å². The maximum Gasteiger partial charge on any atom is 0.0689 e. The highest BCUT2D eigenvalue weighted by atomic mass is 16.3. The number of unbranched alkanes of at least 4 members (excludes halogenated alkanes) is 3. The van der Waals surface area contributed by atoms with E-state index < -0.39 is 12.2 Å². The standard InChI is InChI=1S/C33H56O3/c1-22(2)11-10-12-23(3)27-16-17-28-25-15-14-24-21-30(35)26(13-8-6-7-9-20-34)31(36)33(24,5)29(25)18-19-32(27,28)4/h14-15,22-23,26-31,34-36H,6-13,16-21H2,1-5H3/t23-,26+,27-,28+,29+,30-,31+,32-,33+/m1/s1. The molecular weight excluding hydrogens is 444 g/mol. The maximum absolute atomic E-state index is 11.9. The Labute approximate surface area is 221 Å². The molecule has 206 valence electrons. The molecule has 4 rings (SSSR count). The van der Waals surface area contributed by atoms with Crippen molar-refractivity contribution >= 4 is 0 Å². The lowest BCUT2D eigenvalue weighted by molar-refractivity contribution is -0.100. The van der Waals surface area contributed by atoms with Crippen molar-refractivity contribution in [2.75, 3.05) is 6.61 Å². The van der Waals surface area contributed by atoms with Gasteiger partial charge < -0.3 is 15.3 Å². The minimum absolute atomic E-state index is 0.0359. The molecule has 4 aliphatic carbocycles. The summed E-state index contributed by atoms with van der Waals surface area (Å²) in [5.74, 6) is 3.46. The molecule has 3 nitrogen and oxygen atoms in total. The highest BCUT2D eigenvalue weighted by Gasteiger charge is 2.60. The summed E-state index contributed by atoms with van der Waals surface area (Å²) in [4.78, 5) is 0. The van der Waals surface area contributed by atoms with E-state index in [1.165, 1.54) is 50.5 Å². The second-order valence-corrected chi connectivity index (χ2v) is 14.1. The molecule has 0 amide bonds. The van der Waals surface area contributed by atoms with Crippen LogP contribution >= 0.6 is 0 Å². The van der Waals surface area contributed by atoms with Gasteiger partial charge in [0.05, 0.1) is 12.2 Å². The van der Waals surface area contributed by atoms with Gasteiger partial charge in [0.1, 0.15) is 0 Å². The van der Waals surface area contributed by atoms with Gasteiger partial charge in [0.15, 0.2) is 0 Å². The van der Waals surface area contributed by atoms with Crippen LogP contribution in [0.25, 0.3) is 0 Å². The summed E-state index contributed by atoms with van der Waals surface area (Å²) in [5.41, 5.74) is 3.07. The van der Waals surface area contributed by atoms with Crippen LogP contribution in [0.2, 0.25) is 0 Å². The van der Waals surface area contributed by atoms with Crippen LogP contribution in [0.3, 0.4) is 0 Å². The molecule has 0 heterocycles. The van der Waals surface area contributed by atoms with Gasteiger partial charge in [-0.3, -0.25) is 0 Å². The fourth-order valence-electron chi connectivity index (χ4n) is 9.41. The van der Waals surface area contributed by atoms with Crippen LogP contribution in [-0.4, -0.2) is 34.1 Å². The van der Waals surface area contributed by atoms with Crippen molar-refractivity contribution in [2.24, 2.45) is 46.3 Å². The highest BCUT2D eigenvalue weighted by Crippen LogP contribution is 2.66. The Kier molecular flexibility index (Phi) is 9.16. The van der Waals surface area contributed by atoms with E-state index in [-0.39, 0.29) is 17.9 Å². The van der Waals surface area contributed by atoms with Crippen LogP contribution in [0, 0.1) is 46.3 Å². The van der Waals surface area contributed by atoms with Crippen molar-refractivity contribution in [1.82, 2.24) is 0 Å². The minimum Gasteiger partial charge on any atom is -0.396 e. The Hall–Kier alpha value is -0.640. The fourth-order valence-corrected chi connectivity index (χ4v) is 9.41. The molecule has 0 bridgehead atoms. The zero-order valence-electron chi connectivity index (χ0n) is 24.0. The molecule has 0 spiro atoms. The molecule has 9 atom stereocenters. The summed E-state index contributed by atoms with van der Waals surface area (Å²) in [6.07, 6.45) is 18.6. The molecule has 0 saturated heterocycles. The number of hydrogen-bond acceptors (Lipinski definition) is 3. The van der Waals surface area contributed by atoms with E-state index >= 15 is 0 Å². The largest absolute Gasteiger partial charge is 0.396 e. The lowest BCUT2D eigenvalue weighted by Crippen LogP contribution is -2.56. The zero-order valence-corrected chi connectivity index (χ0v) is 24.0. The minimum atomic E-state index is -0.476. The number of hydrogen-bond donors (Lipinski definition) is 3. The van der Waals surface area contributed by atoms with Crippen molar-refractivity contribution < 1.29 is 15.3 Å². The smallest absolute Gasteiger partial charge is 0.0689 e. The SMILES string of the molecule is CC(C)CCC[C@@H](C)[C@H]1CC[C@H]2C3=CC=C4C[C@@H](O)[C@H](CCCCCCO)[C@H](O)[C@]4(C)[C@H]3CC[C@]12C. The van der Waals surface area contributed by atoms with Crippen LogP contribution in [0.1, 0.15) is 118 Å². The lowest BCUT2D eigenvalue weighted by atomic mass is 9.48. The fraction of sp³-hybridized carbons (Fsp3) is 0.879. The van der Waals surface area contributed by atoms with Crippen LogP contribution < -0.4 is 0 Å². The molecule has 0 aliphatic heterocycles. The third-order valence-electron chi connectivity index (χ3n) is 11.6. The summed E-state index contributed by atoms with van der Waals surface area (Å²) in [6.45, 7) is 12.4. The quantitative estimate of drug-likeness (QED) is 0.258. The Morgan fingerprint density at radius 3 is 2.36 bits per heavy atom. The maximum atomic E-state index is 11.9. The van der Waals surface area contributed by atoms with E-state index in [4.69, 9.17) is 5.11 Å². The van der Waals surface area contributed by atoms with Crippen LogP contribution in [0.15, 0.2) is 23.3 Å². The van der Waals surface area contributed by atoms with E-state index in [0.717, 1.165) is 49.9 Å². The first-order valence-electron chi connectivity index (χ1n) is 15.5. The van der Waals surface area contributed by atoms with Gasteiger partial charge in [-0.1, -0.05) is 96.4 Å². The second-order valence-electron chi connectivity index (χ2n) is 14.1. The van der Waals surface area contributed by atoms with Crippen molar-refractivity contribution in [3.05, 3.63) is 23.3 Å². The van der Waals surface area contributed by atoms with E-state index in [1.54, 1.807) is 5.57 Å². The molecule has 3 fully saturated rings. The van der Waals surface area contributed by atoms with Crippen LogP contribution in [0.5, 0.6) is 0 Å². The third kappa shape index (κ3) is 5.15. The van der Waals surface area contributed by atoms with E-state index in [9.17, 15) is 10.2 Å². The van der Waals surface area contributed by atoms with Gasteiger partial charge in [-0.2, -0.15) is 0 Å². The predicted molar refractivity (Wildman–Crippen MR) is 149 cm³/mol. The molecule has 3 N–H and O–H groups in total. The van der Waals surface area contributed by atoms with E-state index in [1.807, 2.05) is 0 Å². The molecule has 36 heavy (non-hydrogen) atoms. The van der Waals surface area contributed by atoms with E-state index in [2.05, 4.69) is 46.8 Å². The number of rotatable bonds is 11. The van der Waals surface area contributed by atoms with Gasteiger partial charge in [-0.15, -0.1) is 0 Å². The highest BCUT2D eigenvalue weighted by molar-refractivity contribution is 5.40. The first-order chi connectivity index (χ1) is 17.1. The molecule has 3 saturated carbocycles. The van der Waals surface area contributed by atoms with Crippen molar-refractivity contribution in [3.8, 4) is 0 Å². The van der Waals surface area contributed by atoms with Crippen molar-refractivity contribution in [3.63, 3.8) is 0 Å². The average Bonchev–Trinajstić information content (AvgIpc) is 3.19. The molecule has 3 heteroatoms. The summed E-state index contributed by atoms with van der Waals surface area (Å²) in [7, 11) is 0. The van der Waals surface area contributed by atoms with E-state index in [0.29, 0.717) is 23.7 Å². The second kappa shape index (κ2) is 11.6. The van der Waals surface area contributed by atoms with Crippen molar-refractivity contribution in [1.29, 1.82) is 0 Å².